The van der Waals surface area contributed by atoms with Gasteiger partial charge in [0.1, 0.15) is 5.01 Å². The zero-order chi connectivity index (χ0) is 14.1. The van der Waals surface area contributed by atoms with Crippen molar-refractivity contribution in [3.8, 4) is 0 Å². The van der Waals surface area contributed by atoms with Crippen LogP contribution in [0.3, 0.4) is 0 Å². The van der Waals surface area contributed by atoms with Crippen LogP contribution in [0, 0.1) is 0 Å². The van der Waals surface area contributed by atoms with Crippen molar-refractivity contribution in [1.82, 2.24) is 14.8 Å². The Bertz CT molecular complexity index is 450. The van der Waals surface area contributed by atoms with Gasteiger partial charge in [0.25, 0.3) is 0 Å². The number of nitrogens with zero attached hydrogens (tertiary/aromatic N) is 3. The molecule has 5 nitrogen and oxygen atoms in total. The minimum atomic E-state index is 0.361. The molecule has 1 aromatic rings. The van der Waals surface area contributed by atoms with E-state index in [0.29, 0.717) is 18.2 Å². The lowest BCUT2D eigenvalue weighted by Crippen LogP contribution is -2.52. The number of hydrogen-bond donors (Lipinski definition) is 0. The Hall–Kier alpha value is -0.530. The third-order valence-corrected chi connectivity index (χ3v) is 5.56. The Kier molecular flexibility index (Phi) is 4.23. The van der Waals surface area contributed by atoms with Crippen LogP contribution >= 0.6 is 11.3 Å². The fourth-order valence-electron chi connectivity index (χ4n) is 3.76. The van der Waals surface area contributed by atoms with Crippen molar-refractivity contribution in [2.75, 3.05) is 39.4 Å². The molecule has 3 fully saturated rings. The largest absolute Gasteiger partial charge is 0.377 e. The summed E-state index contributed by atoms with van der Waals surface area (Å²) in [4.78, 5) is 9.49. The topological polar surface area (TPSA) is 37.8 Å². The van der Waals surface area contributed by atoms with E-state index in [2.05, 4.69) is 20.2 Å². The Balaban J connectivity index is 1.37. The van der Waals surface area contributed by atoms with E-state index in [9.17, 15) is 0 Å². The molecule has 0 unspecified atom stereocenters. The predicted molar refractivity (Wildman–Crippen MR) is 81.5 cm³/mol. The second-order valence-corrected chi connectivity index (χ2v) is 7.21. The van der Waals surface area contributed by atoms with Crippen LogP contribution < -0.4 is 0 Å². The van der Waals surface area contributed by atoms with Crippen molar-refractivity contribution in [1.29, 1.82) is 0 Å². The van der Waals surface area contributed by atoms with Crippen LogP contribution in [-0.2, 0) is 16.0 Å². The SMILES string of the molecule is c1csc(CN2C[C@@H]3OCCN(C[C@@H]4CCCO4)[C@@H]3C2)n1. The number of morpholine rings is 1. The molecule has 3 aliphatic rings. The molecule has 0 saturated carbocycles. The lowest BCUT2D eigenvalue weighted by molar-refractivity contribution is -0.0615. The number of hydrogen-bond acceptors (Lipinski definition) is 6. The molecule has 0 radical (unpaired) electrons. The molecule has 0 N–H and O–H groups in total. The quantitative estimate of drug-likeness (QED) is 0.836. The molecule has 6 heteroatoms. The molecule has 4 heterocycles. The second kappa shape index (κ2) is 6.30. The zero-order valence-electron chi connectivity index (χ0n) is 12.3. The van der Waals surface area contributed by atoms with E-state index in [0.717, 1.165) is 45.9 Å². The van der Waals surface area contributed by atoms with E-state index in [1.54, 1.807) is 11.3 Å². The van der Waals surface area contributed by atoms with Gasteiger partial charge < -0.3 is 9.47 Å². The monoisotopic (exact) mass is 309 g/mol. The average Bonchev–Trinajstić information content (AvgIpc) is 3.20. The molecule has 0 bridgehead atoms. The van der Waals surface area contributed by atoms with Gasteiger partial charge in [-0.1, -0.05) is 0 Å². The first kappa shape index (κ1) is 14.1. The number of thiazole rings is 1. The van der Waals surface area contributed by atoms with E-state index >= 15 is 0 Å². The summed E-state index contributed by atoms with van der Waals surface area (Å²) in [7, 11) is 0. The smallest absolute Gasteiger partial charge is 0.107 e. The number of rotatable bonds is 4. The maximum absolute atomic E-state index is 6.00. The van der Waals surface area contributed by atoms with Gasteiger partial charge in [0, 0.05) is 50.4 Å². The highest BCUT2D eigenvalue weighted by atomic mass is 32.1. The first-order valence-corrected chi connectivity index (χ1v) is 8.84. The van der Waals surface area contributed by atoms with Crippen molar-refractivity contribution >= 4 is 11.3 Å². The molecule has 21 heavy (non-hydrogen) atoms. The normalized spacial score (nSPS) is 34.4. The van der Waals surface area contributed by atoms with Crippen molar-refractivity contribution < 1.29 is 9.47 Å². The molecule has 116 valence electrons. The number of aromatic nitrogens is 1. The van der Waals surface area contributed by atoms with Crippen molar-refractivity contribution in [2.45, 2.75) is 37.6 Å². The summed E-state index contributed by atoms with van der Waals surface area (Å²) in [6.45, 7) is 7.02. The third-order valence-electron chi connectivity index (χ3n) is 4.80. The Morgan fingerprint density at radius 2 is 2.29 bits per heavy atom. The molecular weight excluding hydrogens is 286 g/mol. The highest BCUT2D eigenvalue weighted by molar-refractivity contribution is 7.09. The molecule has 0 spiro atoms. The summed E-state index contributed by atoms with van der Waals surface area (Å²) >= 11 is 1.74. The van der Waals surface area contributed by atoms with E-state index in [1.165, 1.54) is 17.8 Å². The Morgan fingerprint density at radius 1 is 1.29 bits per heavy atom. The highest BCUT2D eigenvalue weighted by Gasteiger charge is 2.40. The summed E-state index contributed by atoms with van der Waals surface area (Å²) in [5, 5.41) is 3.26. The third kappa shape index (κ3) is 3.14. The van der Waals surface area contributed by atoms with Gasteiger partial charge in [-0.05, 0) is 12.8 Å². The van der Waals surface area contributed by atoms with Gasteiger partial charge in [-0.3, -0.25) is 9.80 Å². The van der Waals surface area contributed by atoms with Crippen LogP contribution in [0.2, 0.25) is 0 Å². The summed E-state index contributed by atoms with van der Waals surface area (Å²) < 4.78 is 11.8. The minimum Gasteiger partial charge on any atom is -0.377 e. The molecule has 0 aliphatic carbocycles. The van der Waals surface area contributed by atoms with Gasteiger partial charge in [-0.15, -0.1) is 11.3 Å². The lowest BCUT2D eigenvalue weighted by atomic mass is 10.1. The van der Waals surface area contributed by atoms with Crippen LogP contribution in [0.25, 0.3) is 0 Å². The van der Waals surface area contributed by atoms with Gasteiger partial charge in [0.15, 0.2) is 0 Å². The van der Waals surface area contributed by atoms with E-state index < -0.39 is 0 Å². The molecule has 0 amide bonds. The summed E-state index contributed by atoms with van der Waals surface area (Å²) in [5.74, 6) is 0. The first-order valence-electron chi connectivity index (χ1n) is 7.96. The summed E-state index contributed by atoms with van der Waals surface area (Å²) in [6, 6.07) is 0.530. The molecule has 1 aromatic heterocycles. The van der Waals surface area contributed by atoms with Crippen LogP contribution in [-0.4, -0.2) is 72.4 Å². The predicted octanol–water partition coefficient (Wildman–Crippen LogP) is 1.21. The van der Waals surface area contributed by atoms with Gasteiger partial charge in [-0.25, -0.2) is 4.98 Å². The molecule has 3 saturated heterocycles. The van der Waals surface area contributed by atoms with Crippen LogP contribution in [0.15, 0.2) is 11.6 Å². The fourth-order valence-corrected chi connectivity index (χ4v) is 4.42. The van der Waals surface area contributed by atoms with Crippen LogP contribution in [0.1, 0.15) is 17.8 Å². The van der Waals surface area contributed by atoms with Crippen molar-refractivity contribution in [3.63, 3.8) is 0 Å². The summed E-state index contributed by atoms with van der Waals surface area (Å²) in [5.41, 5.74) is 0. The van der Waals surface area contributed by atoms with Crippen LogP contribution in [0.4, 0.5) is 0 Å². The summed E-state index contributed by atoms with van der Waals surface area (Å²) in [6.07, 6.45) is 5.14. The fraction of sp³-hybridized carbons (Fsp3) is 0.800. The molecular formula is C15H23N3O2S. The van der Waals surface area contributed by atoms with Gasteiger partial charge >= 0.3 is 0 Å². The second-order valence-electron chi connectivity index (χ2n) is 6.23. The lowest BCUT2D eigenvalue weighted by Gasteiger charge is -2.38. The molecule has 3 aliphatic heterocycles. The van der Waals surface area contributed by atoms with E-state index in [4.69, 9.17) is 9.47 Å². The molecule has 0 aromatic carbocycles. The average molecular weight is 309 g/mol. The van der Waals surface area contributed by atoms with Gasteiger partial charge in [0.05, 0.1) is 25.4 Å². The van der Waals surface area contributed by atoms with Crippen LogP contribution in [0.5, 0.6) is 0 Å². The van der Waals surface area contributed by atoms with E-state index in [-0.39, 0.29) is 0 Å². The zero-order valence-corrected chi connectivity index (χ0v) is 13.1. The minimum absolute atomic E-state index is 0.361. The first-order chi connectivity index (χ1) is 10.4. The number of fused-ring (bicyclic) bond motifs is 1. The Morgan fingerprint density at radius 3 is 3.10 bits per heavy atom. The standard InChI is InChI=1S/C15H23N3O2S/c1-2-12(19-5-1)8-18-4-6-20-14-10-17(9-13(14)18)11-15-16-3-7-21-15/h3,7,12-14H,1-2,4-6,8-11H2/t12-,13+,14-/m0/s1. The maximum Gasteiger partial charge on any atom is 0.107 e. The number of ether oxygens (including phenoxy) is 2. The van der Waals surface area contributed by atoms with E-state index in [1.807, 2.05) is 6.20 Å². The Labute approximate surface area is 129 Å². The van der Waals surface area contributed by atoms with Gasteiger partial charge in [-0.2, -0.15) is 0 Å². The van der Waals surface area contributed by atoms with Gasteiger partial charge in [0.2, 0.25) is 0 Å². The maximum atomic E-state index is 6.00. The van der Waals surface area contributed by atoms with Crippen molar-refractivity contribution in [3.05, 3.63) is 16.6 Å². The highest BCUT2D eigenvalue weighted by Crippen LogP contribution is 2.26. The molecule has 4 rings (SSSR count). The van der Waals surface area contributed by atoms with Crippen molar-refractivity contribution in [2.24, 2.45) is 0 Å². The molecule has 3 atom stereocenters. The number of likely N-dealkylation sites (tertiary alicyclic amines) is 1.